The zero-order valence-corrected chi connectivity index (χ0v) is 10.8. The highest BCUT2D eigenvalue weighted by Gasteiger charge is 2.05. The third-order valence-electron chi connectivity index (χ3n) is 2.36. The first-order valence-electron chi connectivity index (χ1n) is 5.12. The van der Waals surface area contributed by atoms with Crippen molar-refractivity contribution in [2.24, 2.45) is 0 Å². The highest BCUT2D eigenvalue weighted by Crippen LogP contribution is 2.31. The van der Waals surface area contributed by atoms with Crippen LogP contribution in [0.25, 0.3) is 0 Å². The van der Waals surface area contributed by atoms with Crippen molar-refractivity contribution >= 4 is 40.3 Å². The number of nitriles is 1. The highest BCUT2D eigenvalue weighted by atomic mass is 35.5. The van der Waals surface area contributed by atoms with Gasteiger partial charge in [0.1, 0.15) is 0 Å². The van der Waals surface area contributed by atoms with E-state index in [1.54, 1.807) is 36.4 Å². The smallest absolute Gasteiger partial charge is 0.0992 e. The number of rotatable bonds is 2. The van der Waals surface area contributed by atoms with Gasteiger partial charge in [-0.3, -0.25) is 0 Å². The zero-order chi connectivity index (χ0) is 13.1. The Morgan fingerprint density at radius 1 is 1.00 bits per heavy atom. The number of anilines is 3. The highest BCUT2D eigenvalue weighted by molar-refractivity contribution is 6.35. The normalized spacial score (nSPS) is 9.83. The topological polar surface area (TPSA) is 61.8 Å². The molecule has 2 rings (SSSR count). The second-order valence-electron chi connectivity index (χ2n) is 3.67. The Bertz CT molecular complexity index is 633. The van der Waals surface area contributed by atoms with Gasteiger partial charge in [-0.1, -0.05) is 23.2 Å². The Morgan fingerprint density at radius 3 is 2.44 bits per heavy atom. The first-order chi connectivity index (χ1) is 8.60. The van der Waals surface area contributed by atoms with Gasteiger partial charge < -0.3 is 11.1 Å². The van der Waals surface area contributed by atoms with Gasteiger partial charge in [0.2, 0.25) is 0 Å². The Kier molecular flexibility index (Phi) is 3.61. The summed E-state index contributed by atoms with van der Waals surface area (Å²) in [7, 11) is 0. The number of hydrogen-bond donors (Lipinski definition) is 2. The molecule has 0 amide bonds. The summed E-state index contributed by atoms with van der Waals surface area (Å²) in [4.78, 5) is 0. The molecule has 0 atom stereocenters. The summed E-state index contributed by atoms with van der Waals surface area (Å²) in [5.41, 5.74) is 8.14. The number of halogens is 2. The summed E-state index contributed by atoms with van der Waals surface area (Å²) in [6.07, 6.45) is 0. The van der Waals surface area contributed by atoms with Gasteiger partial charge in [0.05, 0.1) is 33.1 Å². The SMILES string of the molecule is N#Cc1ccc(Nc2cc(N)ccc2Cl)c(Cl)c1. The summed E-state index contributed by atoms with van der Waals surface area (Å²) in [6.45, 7) is 0. The van der Waals surface area contributed by atoms with Crippen molar-refractivity contribution in [2.45, 2.75) is 0 Å². The molecule has 0 saturated heterocycles. The summed E-state index contributed by atoms with van der Waals surface area (Å²) >= 11 is 12.1. The molecule has 0 unspecified atom stereocenters. The van der Waals surface area contributed by atoms with Crippen LogP contribution in [0.1, 0.15) is 5.56 Å². The van der Waals surface area contributed by atoms with Crippen molar-refractivity contribution in [2.75, 3.05) is 11.1 Å². The standard InChI is InChI=1S/C13H9Cl2N3/c14-10-3-2-9(17)6-13(10)18-12-4-1-8(7-16)5-11(12)15/h1-6,18H,17H2. The minimum Gasteiger partial charge on any atom is -0.399 e. The molecule has 0 aliphatic heterocycles. The van der Waals surface area contributed by atoms with Gasteiger partial charge in [-0.05, 0) is 36.4 Å². The van der Waals surface area contributed by atoms with Crippen molar-refractivity contribution in [3.05, 3.63) is 52.0 Å². The van der Waals surface area contributed by atoms with E-state index in [1.807, 2.05) is 6.07 Å². The van der Waals surface area contributed by atoms with E-state index >= 15 is 0 Å². The summed E-state index contributed by atoms with van der Waals surface area (Å²) in [5, 5.41) is 12.8. The maximum atomic E-state index is 8.76. The van der Waals surface area contributed by atoms with Crippen LogP contribution in [0.4, 0.5) is 17.1 Å². The Labute approximate surface area is 115 Å². The van der Waals surface area contributed by atoms with Gasteiger partial charge in [0, 0.05) is 5.69 Å². The van der Waals surface area contributed by atoms with Crippen molar-refractivity contribution in [3.8, 4) is 6.07 Å². The molecule has 5 heteroatoms. The van der Waals surface area contributed by atoms with Crippen molar-refractivity contribution < 1.29 is 0 Å². The molecule has 0 spiro atoms. The van der Waals surface area contributed by atoms with Gasteiger partial charge in [-0.15, -0.1) is 0 Å². The lowest BCUT2D eigenvalue weighted by Gasteiger charge is -2.10. The van der Waals surface area contributed by atoms with E-state index in [-0.39, 0.29) is 0 Å². The lowest BCUT2D eigenvalue weighted by molar-refractivity contribution is 1.47. The molecule has 0 aliphatic carbocycles. The van der Waals surface area contributed by atoms with Crippen LogP contribution in [0.5, 0.6) is 0 Å². The van der Waals surface area contributed by atoms with Gasteiger partial charge >= 0.3 is 0 Å². The van der Waals surface area contributed by atoms with Crippen LogP contribution in [0.15, 0.2) is 36.4 Å². The second-order valence-corrected chi connectivity index (χ2v) is 4.49. The predicted molar refractivity (Wildman–Crippen MR) is 75.3 cm³/mol. The maximum absolute atomic E-state index is 8.76. The summed E-state index contributed by atoms with van der Waals surface area (Å²) in [5.74, 6) is 0. The fourth-order valence-electron chi connectivity index (χ4n) is 1.47. The largest absolute Gasteiger partial charge is 0.399 e. The van der Waals surface area contributed by atoms with Crippen LogP contribution in [-0.2, 0) is 0 Å². The fraction of sp³-hybridized carbons (Fsp3) is 0. The number of nitrogen functional groups attached to an aromatic ring is 1. The Hall–Kier alpha value is -1.89. The minimum absolute atomic E-state index is 0.451. The quantitative estimate of drug-likeness (QED) is 0.809. The summed E-state index contributed by atoms with van der Waals surface area (Å²) < 4.78 is 0. The van der Waals surface area contributed by atoms with Gasteiger partial charge in [0.25, 0.3) is 0 Å². The lowest BCUT2D eigenvalue weighted by atomic mass is 10.2. The number of nitrogens with zero attached hydrogens (tertiary/aromatic N) is 1. The molecule has 90 valence electrons. The van der Waals surface area contributed by atoms with Crippen LogP contribution in [0, 0.1) is 11.3 Å². The summed E-state index contributed by atoms with van der Waals surface area (Å²) in [6, 6.07) is 12.1. The van der Waals surface area contributed by atoms with Crippen LogP contribution >= 0.6 is 23.2 Å². The molecular formula is C13H9Cl2N3. The van der Waals surface area contributed by atoms with E-state index < -0.39 is 0 Å². The van der Waals surface area contributed by atoms with E-state index in [4.69, 9.17) is 34.2 Å². The van der Waals surface area contributed by atoms with Crippen LogP contribution < -0.4 is 11.1 Å². The first kappa shape index (κ1) is 12.6. The Balaban J connectivity index is 2.34. The van der Waals surface area contributed by atoms with Gasteiger partial charge in [-0.2, -0.15) is 5.26 Å². The van der Waals surface area contributed by atoms with Crippen LogP contribution in [0.2, 0.25) is 10.0 Å². The number of nitrogens with two attached hydrogens (primary N) is 1. The molecule has 0 fully saturated rings. The molecule has 0 bridgehead atoms. The average molecular weight is 278 g/mol. The van der Waals surface area contributed by atoms with E-state index in [1.165, 1.54) is 0 Å². The molecule has 18 heavy (non-hydrogen) atoms. The molecular weight excluding hydrogens is 269 g/mol. The van der Waals surface area contributed by atoms with Gasteiger partial charge in [-0.25, -0.2) is 0 Å². The van der Waals surface area contributed by atoms with E-state index in [0.717, 1.165) is 0 Å². The molecule has 0 aromatic heterocycles. The van der Waals surface area contributed by atoms with Gasteiger partial charge in [0.15, 0.2) is 0 Å². The molecule has 0 aliphatic rings. The van der Waals surface area contributed by atoms with E-state index in [9.17, 15) is 0 Å². The third kappa shape index (κ3) is 2.67. The first-order valence-corrected chi connectivity index (χ1v) is 5.87. The molecule has 0 saturated carbocycles. The molecule has 0 heterocycles. The Morgan fingerprint density at radius 2 is 1.78 bits per heavy atom. The molecule has 2 aromatic carbocycles. The maximum Gasteiger partial charge on any atom is 0.0992 e. The third-order valence-corrected chi connectivity index (χ3v) is 3.00. The monoisotopic (exact) mass is 277 g/mol. The van der Waals surface area contributed by atoms with Crippen molar-refractivity contribution in [3.63, 3.8) is 0 Å². The van der Waals surface area contributed by atoms with Crippen LogP contribution in [-0.4, -0.2) is 0 Å². The fourth-order valence-corrected chi connectivity index (χ4v) is 1.86. The second kappa shape index (κ2) is 5.18. The number of benzene rings is 2. The van der Waals surface area contributed by atoms with Crippen molar-refractivity contribution in [1.82, 2.24) is 0 Å². The number of nitrogens with one attached hydrogen (secondary N) is 1. The average Bonchev–Trinajstić information content (AvgIpc) is 2.36. The van der Waals surface area contributed by atoms with Crippen LogP contribution in [0.3, 0.4) is 0 Å². The van der Waals surface area contributed by atoms with E-state index in [0.29, 0.717) is 32.7 Å². The minimum atomic E-state index is 0.451. The predicted octanol–water partition coefficient (Wildman–Crippen LogP) is 4.19. The number of hydrogen-bond acceptors (Lipinski definition) is 3. The lowest BCUT2D eigenvalue weighted by Crippen LogP contribution is -1.94. The molecule has 3 nitrogen and oxygen atoms in total. The molecule has 2 aromatic rings. The molecule has 3 N–H and O–H groups in total. The molecule has 0 radical (unpaired) electrons. The zero-order valence-electron chi connectivity index (χ0n) is 9.24. The van der Waals surface area contributed by atoms with Crippen molar-refractivity contribution in [1.29, 1.82) is 5.26 Å². The van der Waals surface area contributed by atoms with E-state index in [2.05, 4.69) is 5.32 Å².